The van der Waals surface area contributed by atoms with Gasteiger partial charge in [-0.1, -0.05) is 18.9 Å². The van der Waals surface area contributed by atoms with Crippen molar-refractivity contribution in [1.82, 2.24) is 9.71 Å². The highest BCUT2D eigenvalue weighted by Crippen LogP contribution is 1.95. The SMILES string of the molecule is O=C(/C=C/c1ccccn1)NS. The van der Waals surface area contributed by atoms with Crippen LogP contribution in [-0.2, 0) is 4.79 Å². The molecule has 0 aliphatic rings. The van der Waals surface area contributed by atoms with E-state index < -0.39 is 0 Å². The number of hydrogen-bond donors (Lipinski definition) is 2. The lowest BCUT2D eigenvalue weighted by molar-refractivity contribution is -0.114. The minimum atomic E-state index is -0.260. The highest BCUT2D eigenvalue weighted by Gasteiger charge is 1.89. The Kier molecular flexibility index (Phi) is 3.35. The smallest absolute Gasteiger partial charge is 0.253 e. The number of carbonyl (C=O) groups is 1. The van der Waals surface area contributed by atoms with Crippen molar-refractivity contribution in [2.45, 2.75) is 0 Å². The molecule has 62 valence electrons. The minimum absolute atomic E-state index is 0.260. The normalized spacial score (nSPS) is 10.1. The molecule has 0 spiro atoms. The first kappa shape index (κ1) is 8.80. The van der Waals surface area contributed by atoms with Crippen molar-refractivity contribution in [2.75, 3.05) is 0 Å². The van der Waals surface area contributed by atoms with E-state index in [0.717, 1.165) is 5.69 Å². The third kappa shape index (κ3) is 2.75. The van der Waals surface area contributed by atoms with Gasteiger partial charge in [-0.15, -0.1) is 0 Å². The van der Waals surface area contributed by atoms with Crippen molar-refractivity contribution in [3.63, 3.8) is 0 Å². The van der Waals surface area contributed by atoms with Gasteiger partial charge in [0.15, 0.2) is 0 Å². The number of rotatable bonds is 2. The van der Waals surface area contributed by atoms with Crippen molar-refractivity contribution in [3.8, 4) is 0 Å². The summed E-state index contributed by atoms with van der Waals surface area (Å²) in [4.78, 5) is 14.7. The van der Waals surface area contributed by atoms with Crippen LogP contribution in [0.1, 0.15) is 5.69 Å². The molecule has 1 aromatic heterocycles. The maximum absolute atomic E-state index is 10.7. The van der Waals surface area contributed by atoms with E-state index in [9.17, 15) is 4.79 Å². The van der Waals surface area contributed by atoms with E-state index in [1.165, 1.54) is 6.08 Å². The van der Waals surface area contributed by atoms with Crippen LogP contribution in [0, 0.1) is 0 Å². The van der Waals surface area contributed by atoms with Crippen LogP contribution in [0.3, 0.4) is 0 Å². The molecule has 0 saturated heterocycles. The molecule has 0 bridgehead atoms. The van der Waals surface area contributed by atoms with E-state index in [2.05, 4.69) is 22.5 Å². The first-order valence-corrected chi connectivity index (χ1v) is 3.81. The fraction of sp³-hybridized carbons (Fsp3) is 0. The molecule has 0 aromatic carbocycles. The predicted octanol–water partition coefficient (Wildman–Crippen LogP) is 1.06. The maximum Gasteiger partial charge on any atom is 0.253 e. The van der Waals surface area contributed by atoms with E-state index in [1.807, 2.05) is 18.2 Å². The van der Waals surface area contributed by atoms with Crippen LogP contribution < -0.4 is 4.72 Å². The van der Waals surface area contributed by atoms with E-state index in [1.54, 1.807) is 12.3 Å². The highest BCUT2D eigenvalue weighted by molar-refractivity contribution is 7.78. The molecule has 4 heteroatoms. The van der Waals surface area contributed by atoms with Crippen LogP contribution in [0.4, 0.5) is 0 Å². The maximum atomic E-state index is 10.7. The van der Waals surface area contributed by atoms with Crippen LogP contribution in [-0.4, -0.2) is 10.9 Å². The molecule has 3 nitrogen and oxygen atoms in total. The summed E-state index contributed by atoms with van der Waals surface area (Å²) in [5.41, 5.74) is 0.745. The van der Waals surface area contributed by atoms with Crippen LogP contribution in [0.2, 0.25) is 0 Å². The summed E-state index contributed by atoms with van der Waals surface area (Å²) in [6, 6.07) is 5.48. The number of aromatic nitrogens is 1. The molecule has 0 fully saturated rings. The van der Waals surface area contributed by atoms with Gasteiger partial charge in [-0.25, -0.2) is 0 Å². The molecule has 0 aliphatic heterocycles. The van der Waals surface area contributed by atoms with Crippen LogP contribution in [0.5, 0.6) is 0 Å². The number of nitrogens with zero attached hydrogens (tertiary/aromatic N) is 1. The Labute approximate surface area is 76.1 Å². The Hall–Kier alpha value is -1.29. The predicted molar refractivity (Wildman–Crippen MR) is 50.4 cm³/mol. The second-order valence-electron chi connectivity index (χ2n) is 2.06. The number of hydrogen-bond acceptors (Lipinski definition) is 3. The van der Waals surface area contributed by atoms with Gasteiger partial charge in [0, 0.05) is 12.3 Å². The quantitative estimate of drug-likeness (QED) is 0.528. The van der Waals surface area contributed by atoms with Crippen molar-refractivity contribution in [2.24, 2.45) is 0 Å². The second kappa shape index (κ2) is 4.56. The van der Waals surface area contributed by atoms with Crippen LogP contribution >= 0.6 is 12.8 Å². The zero-order valence-electron chi connectivity index (χ0n) is 6.27. The average molecular weight is 180 g/mol. The van der Waals surface area contributed by atoms with Gasteiger partial charge in [-0.2, -0.15) is 0 Å². The van der Waals surface area contributed by atoms with E-state index >= 15 is 0 Å². The molecule has 0 atom stereocenters. The zero-order valence-corrected chi connectivity index (χ0v) is 7.16. The molecule has 0 saturated carbocycles. The molecule has 0 radical (unpaired) electrons. The first-order valence-electron chi connectivity index (χ1n) is 3.36. The molecule has 1 aromatic rings. The third-order valence-electron chi connectivity index (χ3n) is 1.20. The van der Waals surface area contributed by atoms with Crippen LogP contribution in [0.25, 0.3) is 6.08 Å². The fourth-order valence-corrected chi connectivity index (χ4v) is 0.747. The van der Waals surface area contributed by atoms with E-state index in [0.29, 0.717) is 0 Å². The monoisotopic (exact) mass is 180 g/mol. The van der Waals surface area contributed by atoms with Gasteiger partial charge in [0.05, 0.1) is 5.69 Å². The Morgan fingerprint density at radius 2 is 2.42 bits per heavy atom. The number of nitrogens with one attached hydrogen (secondary N) is 1. The average Bonchev–Trinajstić information content (AvgIpc) is 2.16. The Bertz CT molecular complexity index is 284. The molecule has 1 heterocycles. The fourth-order valence-electron chi connectivity index (χ4n) is 0.673. The summed E-state index contributed by atoms with van der Waals surface area (Å²) in [5.74, 6) is -0.260. The Morgan fingerprint density at radius 1 is 1.58 bits per heavy atom. The van der Waals surface area contributed by atoms with Gasteiger partial charge in [0.1, 0.15) is 0 Å². The third-order valence-corrected chi connectivity index (χ3v) is 1.42. The summed E-state index contributed by atoms with van der Waals surface area (Å²) in [6.45, 7) is 0. The molecule has 0 aliphatic carbocycles. The van der Waals surface area contributed by atoms with E-state index in [-0.39, 0.29) is 5.91 Å². The zero-order chi connectivity index (χ0) is 8.81. The standard InChI is InChI=1S/C8H8N2OS/c11-8(10-12)5-4-7-3-1-2-6-9-7/h1-6,12H,(H,10,11)/b5-4+. The van der Waals surface area contributed by atoms with Gasteiger partial charge in [-0.05, 0) is 18.2 Å². The summed E-state index contributed by atoms with van der Waals surface area (Å²) >= 11 is 3.59. The molecular weight excluding hydrogens is 172 g/mol. The molecule has 1 rings (SSSR count). The topological polar surface area (TPSA) is 42.0 Å². The van der Waals surface area contributed by atoms with Gasteiger partial charge in [-0.3, -0.25) is 14.5 Å². The number of amides is 1. The number of thiol groups is 1. The van der Waals surface area contributed by atoms with Gasteiger partial charge < -0.3 is 0 Å². The summed E-state index contributed by atoms with van der Waals surface area (Å²) < 4.78 is 2.18. The largest absolute Gasteiger partial charge is 0.299 e. The highest BCUT2D eigenvalue weighted by atomic mass is 32.1. The summed E-state index contributed by atoms with van der Waals surface area (Å²) in [5, 5.41) is 0. The lowest BCUT2D eigenvalue weighted by atomic mass is 10.3. The summed E-state index contributed by atoms with van der Waals surface area (Å²) in [6.07, 6.45) is 4.65. The van der Waals surface area contributed by atoms with Gasteiger partial charge >= 0.3 is 0 Å². The van der Waals surface area contributed by atoms with Gasteiger partial charge in [0.25, 0.3) is 5.91 Å². The first-order chi connectivity index (χ1) is 5.83. The lowest BCUT2D eigenvalue weighted by Crippen LogP contribution is -2.07. The second-order valence-corrected chi connectivity index (χ2v) is 2.29. The molecule has 0 unspecified atom stereocenters. The summed E-state index contributed by atoms with van der Waals surface area (Å²) in [7, 11) is 0. The van der Waals surface area contributed by atoms with Crippen LogP contribution in [0.15, 0.2) is 30.5 Å². The minimum Gasteiger partial charge on any atom is -0.299 e. The molecule has 1 amide bonds. The van der Waals surface area contributed by atoms with Crippen molar-refractivity contribution < 1.29 is 4.79 Å². The Balaban J connectivity index is 2.64. The van der Waals surface area contributed by atoms with E-state index in [4.69, 9.17) is 0 Å². The molecular formula is C8H8N2OS. The number of carbonyl (C=O) groups excluding carboxylic acids is 1. The molecule has 1 N–H and O–H groups in total. The number of pyridine rings is 1. The van der Waals surface area contributed by atoms with Gasteiger partial charge in [0.2, 0.25) is 0 Å². The lowest BCUT2D eigenvalue weighted by Gasteiger charge is -1.90. The molecule has 12 heavy (non-hydrogen) atoms. The van der Waals surface area contributed by atoms with Crippen molar-refractivity contribution >= 4 is 24.8 Å². The Morgan fingerprint density at radius 3 is 3.00 bits per heavy atom. The van der Waals surface area contributed by atoms with Crippen molar-refractivity contribution in [1.29, 1.82) is 0 Å². The van der Waals surface area contributed by atoms with Crippen molar-refractivity contribution in [3.05, 3.63) is 36.2 Å².